The number of carbonyl (C=O) groups excluding carboxylic acids is 4. The second kappa shape index (κ2) is 10.2. The lowest BCUT2D eigenvalue weighted by Gasteiger charge is -2.30. The Balaban J connectivity index is 1.70. The van der Waals surface area contributed by atoms with Crippen molar-refractivity contribution < 1.29 is 24.1 Å². The van der Waals surface area contributed by atoms with Crippen molar-refractivity contribution in [3.05, 3.63) is 74.8 Å². The van der Waals surface area contributed by atoms with Crippen molar-refractivity contribution in [2.75, 3.05) is 6.54 Å². The molecule has 2 aromatic carbocycles. The van der Waals surface area contributed by atoms with Crippen LogP contribution in [0, 0.1) is 35.8 Å². The van der Waals surface area contributed by atoms with Gasteiger partial charge in [-0.1, -0.05) is 44.0 Å². The zero-order chi connectivity index (χ0) is 26.3. The van der Waals surface area contributed by atoms with Gasteiger partial charge in [-0.3, -0.25) is 29.3 Å². The number of hydrogen-bond donors (Lipinski definition) is 0. The molecule has 36 heavy (non-hydrogen) atoms. The van der Waals surface area contributed by atoms with Crippen LogP contribution in [0.2, 0.25) is 0 Å². The topological polar surface area (TPSA) is 118 Å². The van der Waals surface area contributed by atoms with Crippen molar-refractivity contribution in [1.29, 1.82) is 0 Å². The fraction of sp³-hybridized carbons (Fsp3) is 0.360. The molecule has 3 amide bonds. The highest BCUT2D eigenvalue weighted by molar-refractivity contribution is 9.12. The lowest BCUT2D eigenvalue weighted by Crippen LogP contribution is -2.52. The Morgan fingerprint density at radius 2 is 1.47 bits per heavy atom. The van der Waals surface area contributed by atoms with Crippen LogP contribution in [-0.4, -0.2) is 54.6 Å². The van der Waals surface area contributed by atoms with Gasteiger partial charge in [0.25, 0.3) is 23.4 Å². The van der Waals surface area contributed by atoms with E-state index >= 15 is 0 Å². The number of fused-ring (bicyclic) bond motifs is 1. The summed E-state index contributed by atoms with van der Waals surface area (Å²) in [5.41, 5.74) is 2.03. The van der Waals surface area contributed by atoms with Gasteiger partial charge in [0.1, 0.15) is 6.54 Å². The Bertz CT molecular complexity index is 1240. The number of aryl methyl sites for hydroxylation is 2. The van der Waals surface area contributed by atoms with E-state index in [1.807, 2.05) is 13.8 Å². The first kappa shape index (κ1) is 26.2. The Morgan fingerprint density at radius 3 is 1.97 bits per heavy atom. The third-order valence-corrected chi connectivity index (χ3v) is 9.54. The number of hydrogen-bond acceptors (Lipinski definition) is 6. The van der Waals surface area contributed by atoms with Crippen LogP contribution < -0.4 is 0 Å². The third kappa shape index (κ3) is 4.86. The van der Waals surface area contributed by atoms with Crippen molar-refractivity contribution in [3.8, 4) is 0 Å². The van der Waals surface area contributed by atoms with Crippen LogP contribution in [0.5, 0.6) is 0 Å². The van der Waals surface area contributed by atoms with E-state index < -0.39 is 46.8 Å². The largest absolute Gasteiger partial charge is 0.292 e. The molecule has 1 aliphatic carbocycles. The van der Waals surface area contributed by atoms with Gasteiger partial charge < -0.3 is 0 Å². The van der Waals surface area contributed by atoms with E-state index in [1.165, 1.54) is 12.1 Å². The van der Waals surface area contributed by atoms with Crippen LogP contribution in [0.3, 0.4) is 0 Å². The number of ketones is 1. The van der Waals surface area contributed by atoms with Gasteiger partial charge in [0.2, 0.25) is 0 Å². The van der Waals surface area contributed by atoms with Gasteiger partial charge in [0.05, 0.1) is 16.8 Å². The number of nitro benzene ring substituents is 1. The average molecular weight is 621 g/mol. The number of amides is 3. The lowest BCUT2D eigenvalue weighted by molar-refractivity contribution is -0.384. The zero-order valence-corrected chi connectivity index (χ0v) is 22.7. The molecule has 1 aliphatic heterocycles. The van der Waals surface area contributed by atoms with Gasteiger partial charge in [0.15, 0.2) is 5.78 Å². The van der Waals surface area contributed by atoms with Gasteiger partial charge in [-0.15, -0.1) is 0 Å². The molecule has 1 heterocycles. The molecule has 0 unspecified atom stereocenters. The first-order chi connectivity index (χ1) is 17.0. The van der Waals surface area contributed by atoms with E-state index in [1.54, 1.807) is 18.2 Å². The first-order valence-corrected chi connectivity index (χ1v) is 13.2. The molecule has 1 saturated heterocycles. The summed E-state index contributed by atoms with van der Waals surface area (Å²) >= 11 is 7.09. The predicted octanol–water partition coefficient (Wildman–Crippen LogP) is 4.37. The quantitative estimate of drug-likeness (QED) is 0.156. The first-order valence-electron chi connectivity index (χ1n) is 11.3. The van der Waals surface area contributed by atoms with Crippen molar-refractivity contribution >= 4 is 61.1 Å². The maximum atomic E-state index is 13.6. The molecular formula is C25H23Br2N3O6. The highest BCUT2D eigenvalue weighted by Gasteiger charge is 2.54. The summed E-state index contributed by atoms with van der Waals surface area (Å²) in [4.78, 5) is 64.0. The van der Waals surface area contributed by atoms with Crippen molar-refractivity contribution in [3.63, 3.8) is 0 Å². The van der Waals surface area contributed by atoms with E-state index in [4.69, 9.17) is 0 Å². The molecule has 2 aliphatic rings. The summed E-state index contributed by atoms with van der Waals surface area (Å²) in [6.45, 7) is 3.23. The maximum Gasteiger partial charge on any atom is 0.273 e. The second-order valence-electron chi connectivity index (χ2n) is 9.09. The fourth-order valence-electron chi connectivity index (χ4n) is 4.57. The van der Waals surface area contributed by atoms with Crippen LogP contribution in [0.4, 0.5) is 5.69 Å². The average Bonchev–Trinajstić information content (AvgIpc) is 3.08. The monoisotopic (exact) mass is 619 g/mol. The van der Waals surface area contributed by atoms with E-state index in [-0.39, 0.29) is 20.9 Å². The lowest BCUT2D eigenvalue weighted by atomic mass is 9.81. The van der Waals surface area contributed by atoms with Crippen LogP contribution in [0.15, 0.2) is 42.5 Å². The standard InChI is InChI=1S/C25H23Br2N3O6/c1-13-3-4-16(9-14(13)2)22(31)12-28(23(32)15-5-7-17(8-6-15)30(35)36)29-24(33)18-10-20(26)21(27)11-19(18)25(29)34/h3-9,18-21H,10-12H2,1-2H3/t18-,19-,20+,21+/m1/s1. The number of halogens is 2. The number of alkyl halides is 2. The van der Waals surface area contributed by atoms with Crippen LogP contribution in [-0.2, 0) is 9.59 Å². The number of nitro groups is 1. The third-order valence-electron chi connectivity index (χ3n) is 6.81. The van der Waals surface area contributed by atoms with E-state index in [0.29, 0.717) is 18.4 Å². The molecule has 9 nitrogen and oxygen atoms in total. The molecule has 0 aromatic heterocycles. The van der Waals surface area contributed by atoms with E-state index in [0.717, 1.165) is 33.3 Å². The minimum atomic E-state index is -0.770. The molecule has 2 aromatic rings. The van der Waals surface area contributed by atoms with Crippen molar-refractivity contribution in [2.24, 2.45) is 11.8 Å². The number of imide groups is 1. The SMILES string of the molecule is Cc1ccc(C(=O)CN(C(=O)c2ccc([N+](=O)[O-])cc2)N2C(=O)[C@@H]3C[C@H](Br)[C@@H](Br)C[C@H]3C2=O)cc1C. The number of benzene rings is 2. The second-order valence-corrected chi connectivity index (χ2v) is 11.4. The summed E-state index contributed by atoms with van der Waals surface area (Å²) in [5, 5.41) is 12.7. The van der Waals surface area contributed by atoms with E-state index in [2.05, 4.69) is 31.9 Å². The summed E-state index contributed by atoms with van der Waals surface area (Å²) in [5.74, 6) is -3.50. The van der Waals surface area contributed by atoms with Crippen LogP contribution >= 0.6 is 31.9 Å². The molecule has 0 N–H and O–H groups in total. The molecule has 188 valence electrons. The number of hydrazine groups is 1. The summed E-state index contributed by atoms with van der Waals surface area (Å²) in [6.07, 6.45) is 0.818. The Morgan fingerprint density at radius 1 is 0.944 bits per heavy atom. The fourth-order valence-corrected chi connectivity index (χ4v) is 5.80. The van der Waals surface area contributed by atoms with Crippen molar-refractivity contribution in [1.82, 2.24) is 10.0 Å². The zero-order valence-electron chi connectivity index (χ0n) is 19.5. The Labute approximate surface area is 224 Å². The van der Waals surface area contributed by atoms with Crippen LogP contribution in [0.1, 0.15) is 44.7 Å². The molecular weight excluding hydrogens is 598 g/mol. The number of nitrogens with zero attached hydrogens (tertiary/aromatic N) is 3. The Kier molecular flexibility index (Phi) is 7.42. The molecule has 11 heteroatoms. The van der Waals surface area contributed by atoms with Gasteiger partial charge >= 0.3 is 0 Å². The van der Waals surface area contributed by atoms with E-state index in [9.17, 15) is 29.3 Å². The van der Waals surface area contributed by atoms with Gasteiger partial charge in [-0.25, -0.2) is 5.01 Å². The van der Waals surface area contributed by atoms with Crippen molar-refractivity contribution in [2.45, 2.75) is 36.3 Å². The molecule has 4 atom stereocenters. The minimum absolute atomic E-state index is 0.0145. The summed E-state index contributed by atoms with van der Waals surface area (Å²) in [7, 11) is 0. The molecule has 0 radical (unpaired) electrons. The molecule has 2 fully saturated rings. The predicted molar refractivity (Wildman–Crippen MR) is 138 cm³/mol. The molecule has 0 spiro atoms. The summed E-state index contributed by atoms with van der Waals surface area (Å²) < 4.78 is 0. The van der Waals surface area contributed by atoms with Gasteiger partial charge in [-0.2, -0.15) is 5.01 Å². The maximum absolute atomic E-state index is 13.6. The minimum Gasteiger partial charge on any atom is -0.292 e. The number of non-ortho nitro benzene ring substituents is 1. The molecule has 0 bridgehead atoms. The number of Topliss-reactive ketones (excluding diaryl/α,β-unsaturated/α-hetero) is 1. The normalized spacial score (nSPS) is 23.4. The van der Waals surface area contributed by atoms with Gasteiger partial charge in [0, 0.05) is 32.9 Å². The smallest absolute Gasteiger partial charge is 0.273 e. The highest BCUT2D eigenvalue weighted by Crippen LogP contribution is 2.43. The number of carbonyl (C=O) groups is 4. The summed E-state index contributed by atoms with van der Waals surface area (Å²) in [6, 6.07) is 9.94. The molecule has 4 rings (SSSR count). The molecule has 1 saturated carbocycles. The number of rotatable bonds is 6. The highest BCUT2D eigenvalue weighted by atomic mass is 79.9. The Hall–Kier alpha value is -2.92. The van der Waals surface area contributed by atoms with Crippen LogP contribution in [0.25, 0.3) is 0 Å². The van der Waals surface area contributed by atoms with Gasteiger partial charge in [-0.05, 0) is 56.0 Å².